The van der Waals surface area contributed by atoms with Gasteiger partial charge in [-0.2, -0.15) is 0 Å². The predicted octanol–water partition coefficient (Wildman–Crippen LogP) is -0.0116. The number of piperidine rings is 1. The van der Waals surface area contributed by atoms with Crippen LogP contribution in [0.1, 0.15) is 46.0 Å². The van der Waals surface area contributed by atoms with Crippen molar-refractivity contribution in [1.82, 2.24) is 15.1 Å². The number of hydrogen-bond donors (Lipinski definition) is 2. The number of primary amides is 1. The molecule has 1 atom stereocenters. The first-order chi connectivity index (χ1) is 12.3. The van der Waals surface area contributed by atoms with E-state index < -0.39 is 35.7 Å². The molecule has 2 heterocycles. The van der Waals surface area contributed by atoms with Gasteiger partial charge >= 0.3 is 6.03 Å². The van der Waals surface area contributed by atoms with E-state index in [9.17, 15) is 24.0 Å². The highest BCUT2D eigenvalue weighted by molar-refractivity contribution is 6.24. The average Bonchev–Trinajstić information content (AvgIpc) is 2.85. The Morgan fingerprint density at radius 3 is 2.62 bits per heavy atom. The summed E-state index contributed by atoms with van der Waals surface area (Å²) in [7, 11) is 0. The average molecular weight is 358 g/mol. The highest BCUT2D eigenvalue weighted by atomic mass is 16.2. The lowest BCUT2D eigenvalue weighted by Gasteiger charge is -2.28. The number of urea groups is 1. The van der Waals surface area contributed by atoms with Gasteiger partial charge in [0.25, 0.3) is 11.8 Å². The largest absolute Gasteiger partial charge is 0.351 e. The molecular formula is C17H18N4O5. The number of nitrogens with zero attached hydrogens (tertiary/aromatic N) is 2. The molecule has 1 aromatic rings. The summed E-state index contributed by atoms with van der Waals surface area (Å²) in [6, 6.07) is 3.10. The second-order valence-corrected chi connectivity index (χ2v) is 6.14. The molecule has 3 rings (SSSR count). The van der Waals surface area contributed by atoms with E-state index in [0.29, 0.717) is 12.1 Å². The fourth-order valence-electron chi connectivity index (χ4n) is 3.27. The molecule has 6 amide bonds. The quantitative estimate of drug-likeness (QED) is 0.731. The number of benzene rings is 1. The molecule has 1 unspecified atom stereocenters. The Kier molecular flexibility index (Phi) is 4.45. The first kappa shape index (κ1) is 17.6. The van der Waals surface area contributed by atoms with Gasteiger partial charge < -0.3 is 10.6 Å². The summed E-state index contributed by atoms with van der Waals surface area (Å²) in [5, 5.41) is 2.15. The van der Waals surface area contributed by atoms with Crippen LogP contribution in [-0.4, -0.2) is 52.0 Å². The number of nitrogens with two attached hydrogens (primary N) is 1. The van der Waals surface area contributed by atoms with Crippen LogP contribution in [-0.2, 0) is 16.1 Å². The van der Waals surface area contributed by atoms with Gasteiger partial charge in [0.15, 0.2) is 0 Å². The second kappa shape index (κ2) is 6.58. The molecule has 0 aromatic heterocycles. The number of rotatable bonds is 4. The molecule has 0 spiro atoms. The van der Waals surface area contributed by atoms with Gasteiger partial charge in [-0.25, -0.2) is 4.79 Å². The third-order valence-corrected chi connectivity index (χ3v) is 4.61. The van der Waals surface area contributed by atoms with Gasteiger partial charge in [-0.05, 0) is 25.0 Å². The topological polar surface area (TPSA) is 130 Å². The Balaban J connectivity index is 1.95. The van der Waals surface area contributed by atoms with E-state index in [4.69, 9.17) is 5.73 Å². The molecule has 0 saturated carbocycles. The van der Waals surface area contributed by atoms with Crippen molar-refractivity contribution in [2.24, 2.45) is 5.73 Å². The number of hydrogen-bond acceptors (Lipinski definition) is 5. The van der Waals surface area contributed by atoms with Gasteiger partial charge in [-0.1, -0.05) is 12.1 Å². The van der Waals surface area contributed by atoms with Gasteiger partial charge in [0.2, 0.25) is 11.8 Å². The SMILES string of the molecule is CCN(Cc1cccc2c1C(=O)N(C1CCC(=O)NC1=O)C2=O)C(N)=O. The summed E-state index contributed by atoms with van der Waals surface area (Å²) < 4.78 is 0. The van der Waals surface area contributed by atoms with Crippen LogP contribution in [0, 0.1) is 0 Å². The molecular weight excluding hydrogens is 340 g/mol. The van der Waals surface area contributed by atoms with Crippen molar-refractivity contribution in [1.29, 1.82) is 0 Å². The molecule has 1 fully saturated rings. The lowest BCUT2D eigenvalue weighted by Crippen LogP contribution is -2.54. The van der Waals surface area contributed by atoms with E-state index >= 15 is 0 Å². The first-order valence-corrected chi connectivity index (χ1v) is 8.23. The van der Waals surface area contributed by atoms with Crippen LogP contribution >= 0.6 is 0 Å². The third kappa shape index (κ3) is 2.81. The van der Waals surface area contributed by atoms with E-state index in [0.717, 1.165) is 4.90 Å². The lowest BCUT2D eigenvalue weighted by molar-refractivity contribution is -0.136. The summed E-state index contributed by atoms with van der Waals surface area (Å²) in [4.78, 5) is 62.7. The molecule has 1 aromatic carbocycles. The van der Waals surface area contributed by atoms with Crippen molar-refractivity contribution in [2.45, 2.75) is 32.4 Å². The van der Waals surface area contributed by atoms with E-state index in [1.165, 1.54) is 11.0 Å². The standard InChI is InChI=1S/C17H18N4O5/c1-2-20(17(18)26)8-9-4-3-5-10-13(9)16(25)21(15(10)24)11-6-7-12(22)19-14(11)23/h3-5,11H,2,6-8H2,1H3,(H2,18,26)(H,19,22,23). The van der Waals surface area contributed by atoms with Crippen molar-refractivity contribution in [3.05, 3.63) is 34.9 Å². The van der Waals surface area contributed by atoms with Crippen LogP contribution in [0.3, 0.4) is 0 Å². The van der Waals surface area contributed by atoms with Gasteiger partial charge in [0.05, 0.1) is 11.1 Å². The normalized spacial score (nSPS) is 19.4. The van der Waals surface area contributed by atoms with Crippen LogP contribution in [0.15, 0.2) is 18.2 Å². The molecule has 0 aliphatic carbocycles. The van der Waals surface area contributed by atoms with E-state index in [1.807, 2.05) is 0 Å². The zero-order chi connectivity index (χ0) is 19.0. The number of imide groups is 2. The minimum absolute atomic E-state index is 0.0575. The summed E-state index contributed by atoms with van der Waals surface area (Å²) in [6.07, 6.45) is 0.149. The van der Waals surface area contributed by atoms with E-state index in [-0.39, 0.29) is 30.5 Å². The number of nitrogens with one attached hydrogen (secondary N) is 1. The molecule has 26 heavy (non-hydrogen) atoms. The fourth-order valence-corrected chi connectivity index (χ4v) is 3.27. The maximum Gasteiger partial charge on any atom is 0.315 e. The zero-order valence-corrected chi connectivity index (χ0v) is 14.2. The minimum Gasteiger partial charge on any atom is -0.351 e. The van der Waals surface area contributed by atoms with Crippen molar-refractivity contribution in [2.75, 3.05) is 6.54 Å². The molecule has 0 radical (unpaired) electrons. The number of fused-ring (bicyclic) bond motifs is 1. The molecule has 9 nitrogen and oxygen atoms in total. The zero-order valence-electron chi connectivity index (χ0n) is 14.2. The Hall–Kier alpha value is -3.23. The molecule has 9 heteroatoms. The number of carbonyl (C=O) groups is 5. The first-order valence-electron chi connectivity index (χ1n) is 8.23. The van der Waals surface area contributed by atoms with Crippen LogP contribution in [0.5, 0.6) is 0 Å². The van der Waals surface area contributed by atoms with E-state index in [1.54, 1.807) is 19.1 Å². The Labute approximate surface area is 149 Å². The molecule has 2 aliphatic heterocycles. The third-order valence-electron chi connectivity index (χ3n) is 4.61. The van der Waals surface area contributed by atoms with Crippen LogP contribution < -0.4 is 11.1 Å². The van der Waals surface area contributed by atoms with Crippen molar-refractivity contribution in [3.63, 3.8) is 0 Å². The monoisotopic (exact) mass is 358 g/mol. The lowest BCUT2D eigenvalue weighted by atomic mass is 10.0. The smallest absolute Gasteiger partial charge is 0.315 e. The predicted molar refractivity (Wildman–Crippen MR) is 88.8 cm³/mol. The van der Waals surface area contributed by atoms with E-state index in [2.05, 4.69) is 5.32 Å². The fraction of sp³-hybridized carbons (Fsp3) is 0.353. The molecule has 136 valence electrons. The second-order valence-electron chi connectivity index (χ2n) is 6.14. The minimum atomic E-state index is -1.02. The maximum absolute atomic E-state index is 12.9. The number of amides is 6. The van der Waals surface area contributed by atoms with Crippen molar-refractivity contribution < 1.29 is 24.0 Å². The van der Waals surface area contributed by atoms with Gasteiger partial charge in [-0.15, -0.1) is 0 Å². The summed E-state index contributed by atoms with van der Waals surface area (Å²) >= 11 is 0. The van der Waals surface area contributed by atoms with Crippen molar-refractivity contribution in [3.8, 4) is 0 Å². The Bertz CT molecular complexity index is 834. The number of carbonyl (C=O) groups excluding carboxylic acids is 5. The van der Waals surface area contributed by atoms with Gasteiger partial charge in [0, 0.05) is 19.5 Å². The maximum atomic E-state index is 12.9. The Morgan fingerprint density at radius 2 is 2.00 bits per heavy atom. The van der Waals surface area contributed by atoms with Gasteiger partial charge in [0.1, 0.15) is 6.04 Å². The van der Waals surface area contributed by atoms with Crippen LogP contribution in [0.25, 0.3) is 0 Å². The van der Waals surface area contributed by atoms with Crippen molar-refractivity contribution >= 4 is 29.7 Å². The molecule has 3 N–H and O–H groups in total. The molecule has 1 saturated heterocycles. The highest BCUT2D eigenvalue weighted by Crippen LogP contribution is 2.30. The van der Waals surface area contributed by atoms with Gasteiger partial charge in [-0.3, -0.25) is 29.4 Å². The van der Waals surface area contributed by atoms with Crippen LogP contribution in [0.2, 0.25) is 0 Å². The summed E-state index contributed by atoms with van der Waals surface area (Å²) in [5.74, 6) is -2.27. The summed E-state index contributed by atoms with van der Waals surface area (Å²) in [5.41, 5.74) is 6.15. The summed E-state index contributed by atoms with van der Waals surface area (Å²) in [6.45, 7) is 2.17. The van der Waals surface area contributed by atoms with Crippen LogP contribution in [0.4, 0.5) is 4.79 Å². The highest BCUT2D eigenvalue weighted by Gasteiger charge is 2.45. The Morgan fingerprint density at radius 1 is 1.27 bits per heavy atom. The molecule has 0 bridgehead atoms. The molecule has 2 aliphatic rings.